The molecule has 0 spiro atoms. The minimum atomic E-state index is 0.457. The van der Waals surface area contributed by atoms with Crippen molar-refractivity contribution >= 4 is 5.69 Å². The van der Waals surface area contributed by atoms with Crippen molar-refractivity contribution in [3.8, 4) is 0 Å². The van der Waals surface area contributed by atoms with Crippen LogP contribution in [0.4, 0.5) is 5.69 Å². The normalized spacial score (nSPS) is 24.4. The van der Waals surface area contributed by atoms with Crippen LogP contribution in [0.2, 0.25) is 0 Å². The zero-order valence-corrected chi connectivity index (χ0v) is 11.8. The lowest BCUT2D eigenvalue weighted by molar-refractivity contribution is 0.488. The van der Waals surface area contributed by atoms with Gasteiger partial charge in [-0.15, -0.1) is 0 Å². The molecular weight excluding hydrogens is 244 g/mol. The number of benzene rings is 2. The van der Waals surface area contributed by atoms with Crippen molar-refractivity contribution in [2.75, 3.05) is 11.4 Å². The third-order valence-electron chi connectivity index (χ3n) is 4.66. The lowest BCUT2D eigenvalue weighted by atomic mass is 9.95. The van der Waals surface area contributed by atoms with Crippen LogP contribution in [0.25, 0.3) is 0 Å². The van der Waals surface area contributed by atoms with Crippen LogP contribution in [0, 0.1) is 0 Å². The Kier molecular flexibility index (Phi) is 2.78. The molecule has 4 rings (SSSR count). The smallest absolute Gasteiger partial charge is 0.0673 e. The topological polar surface area (TPSA) is 15.3 Å². The van der Waals surface area contributed by atoms with Crippen LogP contribution in [0.5, 0.6) is 0 Å². The molecule has 0 saturated heterocycles. The highest BCUT2D eigenvalue weighted by molar-refractivity contribution is 5.61. The number of rotatable bonds is 1. The van der Waals surface area contributed by atoms with Gasteiger partial charge in [0.25, 0.3) is 0 Å². The fourth-order valence-corrected chi connectivity index (χ4v) is 3.79. The molecule has 2 aromatic rings. The molecule has 0 radical (unpaired) electrons. The zero-order chi connectivity index (χ0) is 13.5. The van der Waals surface area contributed by atoms with E-state index in [1.165, 1.54) is 22.4 Å². The van der Waals surface area contributed by atoms with E-state index in [0.29, 0.717) is 12.1 Å². The summed E-state index contributed by atoms with van der Waals surface area (Å²) in [6.07, 6.45) is 1.16. The zero-order valence-electron chi connectivity index (χ0n) is 11.8. The van der Waals surface area contributed by atoms with Gasteiger partial charge in [0.05, 0.1) is 6.04 Å². The first kappa shape index (κ1) is 12.0. The molecule has 2 atom stereocenters. The Bertz CT molecular complexity index is 635. The summed E-state index contributed by atoms with van der Waals surface area (Å²) in [5, 5.41) is 3.58. The molecule has 2 heteroatoms. The average Bonchev–Trinajstić information content (AvgIpc) is 2.82. The largest absolute Gasteiger partial charge is 0.360 e. The summed E-state index contributed by atoms with van der Waals surface area (Å²) in [7, 11) is 0. The van der Waals surface area contributed by atoms with E-state index in [-0.39, 0.29) is 0 Å². The minimum Gasteiger partial charge on any atom is -0.360 e. The van der Waals surface area contributed by atoms with Gasteiger partial charge in [-0.3, -0.25) is 0 Å². The van der Waals surface area contributed by atoms with Crippen molar-refractivity contribution in [1.29, 1.82) is 0 Å². The molecule has 0 amide bonds. The Hall–Kier alpha value is -1.80. The van der Waals surface area contributed by atoms with Gasteiger partial charge in [0.15, 0.2) is 0 Å². The Morgan fingerprint density at radius 2 is 1.75 bits per heavy atom. The molecule has 2 aromatic carbocycles. The third-order valence-corrected chi connectivity index (χ3v) is 4.66. The lowest BCUT2D eigenvalue weighted by Crippen LogP contribution is -2.42. The van der Waals surface area contributed by atoms with Gasteiger partial charge in [0.2, 0.25) is 0 Å². The summed E-state index contributed by atoms with van der Waals surface area (Å²) in [5.74, 6) is 0. The maximum Gasteiger partial charge on any atom is 0.0673 e. The number of hydrogen-bond acceptors (Lipinski definition) is 2. The molecule has 0 fully saturated rings. The maximum atomic E-state index is 3.58. The van der Waals surface area contributed by atoms with Gasteiger partial charge < -0.3 is 10.2 Å². The Labute approximate surface area is 120 Å². The predicted octanol–water partition coefficient (Wildman–Crippen LogP) is 3.28. The Morgan fingerprint density at radius 1 is 1.00 bits per heavy atom. The van der Waals surface area contributed by atoms with E-state index in [9.17, 15) is 0 Å². The molecule has 0 bridgehead atoms. The van der Waals surface area contributed by atoms with Crippen LogP contribution in [-0.4, -0.2) is 12.6 Å². The molecule has 102 valence electrons. The number of anilines is 1. The summed E-state index contributed by atoms with van der Waals surface area (Å²) in [6.45, 7) is 4.38. The molecule has 1 N–H and O–H groups in total. The number of para-hydroxylation sites is 1. The third kappa shape index (κ3) is 1.75. The molecule has 2 unspecified atom stereocenters. The highest BCUT2D eigenvalue weighted by Gasteiger charge is 2.34. The number of hydrogen-bond donors (Lipinski definition) is 1. The van der Waals surface area contributed by atoms with Crippen LogP contribution < -0.4 is 10.2 Å². The molecule has 0 saturated carbocycles. The number of nitrogens with zero attached hydrogens (tertiary/aromatic N) is 1. The summed E-state index contributed by atoms with van der Waals surface area (Å²) >= 11 is 0. The molecule has 0 aliphatic carbocycles. The molecule has 2 nitrogen and oxygen atoms in total. The fourth-order valence-electron chi connectivity index (χ4n) is 3.79. The van der Waals surface area contributed by atoms with Crippen LogP contribution >= 0.6 is 0 Å². The SMILES string of the molecule is CC1Cc2ccccc2N1C1CNCc2ccccc21. The number of fused-ring (bicyclic) bond motifs is 2. The van der Waals surface area contributed by atoms with Gasteiger partial charge in [-0.1, -0.05) is 42.5 Å². The standard InChI is InChI=1S/C18H20N2/c1-13-10-14-6-3-5-9-17(14)20(13)18-12-19-11-15-7-2-4-8-16(15)18/h2-9,13,18-19H,10-12H2,1H3. The first-order valence-corrected chi connectivity index (χ1v) is 7.49. The monoisotopic (exact) mass is 264 g/mol. The van der Waals surface area contributed by atoms with Crippen LogP contribution in [0.1, 0.15) is 29.7 Å². The Morgan fingerprint density at radius 3 is 2.65 bits per heavy atom. The van der Waals surface area contributed by atoms with E-state index in [4.69, 9.17) is 0 Å². The second-order valence-corrected chi connectivity index (χ2v) is 5.93. The van der Waals surface area contributed by atoms with E-state index >= 15 is 0 Å². The van der Waals surface area contributed by atoms with Gasteiger partial charge in [0, 0.05) is 24.8 Å². The summed E-state index contributed by atoms with van der Waals surface area (Å²) in [4.78, 5) is 2.61. The van der Waals surface area contributed by atoms with Crippen LogP contribution in [0.3, 0.4) is 0 Å². The molecule has 2 heterocycles. The van der Waals surface area contributed by atoms with Crippen LogP contribution in [-0.2, 0) is 13.0 Å². The first-order chi connectivity index (χ1) is 9.84. The van der Waals surface area contributed by atoms with E-state index in [1.807, 2.05) is 0 Å². The quantitative estimate of drug-likeness (QED) is 0.850. The second-order valence-electron chi connectivity index (χ2n) is 5.93. The van der Waals surface area contributed by atoms with Gasteiger partial charge in [-0.25, -0.2) is 0 Å². The van der Waals surface area contributed by atoms with E-state index < -0.39 is 0 Å². The van der Waals surface area contributed by atoms with E-state index in [2.05, 4.69) is 65.7 Å². The summed E-state index contributed by atoms with van der Waals surface area (Å²) < 4.78 is 0. The summed E-state index contributed by atoms with van der Waals surface area (Å²) in [5.41, 5.74) is 5.85. The maximum absolute atomic E-state index is 3.58. The lowest BCUT2D eigenvalue weighted by Gasteiger charge is -2.38. The number of nitrogens with one attached hydrogen (secondary N) is 1. The first-order valence-electron chi connectivity index (χ1n) is 7.49. The predicted molar refractivity (Wildman–Crippen MR) is 83.0 cm³/mol. The molecule has 20 heavy (non-hydrogen) atoms. The average molecular weight is 264 g/mol. The molecule has 2 aliphatic rings. The summed E-state index contributed by atoms with van der Waals surface area (Å²) in [6, 6.07) is 18.8. The van der Waals surface area contributed by atoms with Crippen molar-refractivity contribution in [1.82, 2.24) is 5.32 Å². The van der Waals surface area contributed by atoms with Gasteiger partial charge in [0.1, 0.15) is 0 Å². The highest BCUT2D eigenvalue weighted by Crippen LogP contribution is 2.40. The molecule has 2 aliphatic heterocycles. The highest BCUT2D eigenvalue weighted by atomic mass is 15.2. The van der Waals surface area contributed by atoms with Crippen molar-refractivity contribution in [3.05, 3.63) is 65.2 Å². The van der Waals surface area contributed by atoms with Crippen molar-refractivity contribution in [3.63, 3.8) is 0 Å². The van der Waals surface area contributed by atoms with E-state index in [1.54, 1.807) is 0 Å². The van der Waals surface area contributed by atoms with Gasteiger partial charge in [-0.2, -0.15) is 0 Å². The molecular formula is C18H20N2. The molecule has 0 aromatic heterocycles. The second kappa shape index (κ2) is 4.64. The van der Waals surface area contributed by atoms with Gasteiger partial charge in [-0.05, 0) is 36.1 Å². The van der Waals surface area contributed by atoms with Crippen LogP contribution in [0.15, 0.2) is 48.5 Å². The Balaban J connectivity index is 1.79. The minimum absolute atomic E-state index is 0.457. The van der Waals surface area contributed by atoms with Crippen molar-refractivity contribution in [2.45, 2.75) is 32.0 Å². The van der Waals surface area contributed by atoms with Crippen molar-refractivity contribution < 1.29 is 0 Å². The van der Waals surface area contributed by atoms with Crippen molar-refractivity contribution in [2.24, 2.45) is 0 Å². The van der Waals surface area contributed by atoms with Gasteiger partial charge >= 0.3 is 0 Å². The fraction of sp³-hybridized carbons (Fsp3) is 0.333. The van der Waals surface area contributed by atoms with E-state index in [0.717, 1.165) is 19.5 Å².